The maximum atomic E-state index is 15.0. The van der Waals surface area contributed by atoms with Crippen LogP contribution >= 0.6 is 7.60 Å². The van der Waals surface area contributed by atoms with E-state index in [0.717, 1.165) is 17.7 Å². The SMILES string of the molecule is CCOP(=O)(CC)OCC(=O)C=CC(F)c1cc(C(C)(C)C)cc(C(C)(C)C)c1O. The number of allylic oxidation sites excluding steroid dienone is 1. The van der Waals surface area contributed by atoms with E-state index < -0.39 is 26.2 Å². The standard InChI is InChI=1S/C23H36FO5P/c1-9-28-30(27,10-2)29-15-17(25)11-12-20(24)18-13-16(22(3,4)5)14-19(21(18)26)23(6,7)8/h11-14,20,26H,9-10,15H2,1-8H3. The summed E-state index contributed by atoms with van der Waals surface area (Å²) in [5.41, 5.74) is 1.04. The predicted octanol–water partition coefficient (Wildman–Crippen LogP) is 6.39. The molecule has 2 atom stereocenters. The average Bonchev–Trinajstić information content (AvgIpc) is 2.63. The number of phenolic OH excluding ortho intramolecular Hbond substituents is 1. The minimum atomic E-state index is -3.31. The molecule has 5 nitrogen and oxygen atoms in total. The number of benzene rings is 1. The van der Waals surface area contributed by atoms with Crippen molar-refractivity contribution in [2.45, 2.75) is 72.4 Å². The molecule has 1 rings (SSSR count). The Morgan fingerprint density at radius 3 is 2.20 bits per heavy atom. The number of hydrogen-bond donors (Lipinski definition) is 1. The fourth-order valence-electron chi connectivity index (χ4n) is 2.79. The fourth-order valence-corrected chi connectivity index (χ4v) is 3.95. The van der Waals surface area contributed by atoms with Gasteiger partial charge in [0, 0.05) is 11.7 Å². The van der Waals surface area contributed by atoms with Gasteiger partial charge in [0.05, 0.1) is 6.61 Å². The molecule has 0 aromatic heterocycles. The fraction of sp³-hybridized carbons (Fsp3) is 0.609. The van der Waals surface area contributed by atoms with Crippen molar-refractivity contribution in [3.05, 3.63) is 41.0 Å². The molecular weight excluding hydrogens is 406 g/mol. The molecule has 1 aromatic rings. The molecule has 0 radical (unpaired) electrons. The smallest absolute Gasteiger partial charge is 0.330 e. The van der Waals surface area contributed by atoms with E-state index in [2.05, 4.69) is 0 Å². The lowest BCUT2D eigenvalue weighted by Crippen LogP contribution is -2.17. The molecule has 0 bridgehead atoms. The number of alkyl halides is 1. The maximum absolute atomic E-state index is 15.0. The normalized spacial score (nSPS) is 15.9. The van der Waals surface area contributed by atoms with Crippen LogP contribution < -0.4 is 0 Å². The number of carbonyl (C=O) groups excluding carboxylic acids is 1. The highest BCUT2D eigenvalue weighted by Gasteiger charge is 2.27. The van der Waals surface area contributed by atoms with Crippen molar-refractivity contribution in [1.29, 1.82) is 0 Å². The largest absolute Gasteiger partial charge is 0.507 e. The number of halogens is 1. The van der Waals surface area contributed by atoms with Gasteiger partial charge in [0.25, 0.3) is 0 Å². The number of carbonyl (C=O) groups is 1. The van der Waals surface area contributed by atoms with Crippen molar-refractivity contribution in [1.82, 2.24) is 0 Å². The van der Waals surface area contributed by atoms with Gasteiger partial charge in [-0.15, -0.1) is 0 Å². The molecule has 0 aliphatic carbocycles. The first-order valence-corrected chi connectivity index (χ1v) is 12.0. The summed E-state index contributed by atoms with van der Waals surface area (Å²) < 4.78 is 37.5. The van der Waals surface area contributed by atoms with Crippen molar-refractivity contribution < 1.29 is 27.9 Å². The Morgan fingerprint density at radius 2 is 1.73 bits per heavy atom. The molecule has 0 aliphatic heterocycles. The lowest BCUT2D eigenvalue weighted by Gasteiger charge is -2.28. The van der Waals surface area contributed by atoms with E-state index in [0.29, 0.717) is 5.56 Å². The summed E-state index contributed by atoms with van der Waals surface area (Å²) in [6, 6.07) is 3.55. The molecule has 1 N–H and O–H groups in total. The van der Waals surface area contributed by atoms with Gasteiger partial charge in [0.2, 0.25) is 0 Å². The lowest BCUT2D eigenvalue weighted by atomic mass is 9.78. The number of aromatic hydroxyl groups is 1. The molecule has 0 spiro atoms. The van der Waals surface area contributed by atoms with Crippen LogP contribution in [0.2, 0.25) is 0 Å². The maximum Gasteiger partial charge on any atom is 0.330 e. The number of hydrogen-bond acceptors (Lipinski definition) is 5. The lowest BCUT2D eigenvalue weighted by molar-refractivity contribution is -0.116. The third-order valence-electron chi connectivity index (χ3n) is 4.68. The zero-order chi connectivity index (χ0) is 23.3. The zero-order valence-corrected chi connectivity index (χ0v) is 20.3. The summed E-state index contributed by atoms with van der Waals surface area (Å²) in [7, 11) is -3.31. The van der Waals surface area contributed by atoms with Gasteiger partial charge in [0.15, 0.2) is 5.78 Å². The molecule has 0 amide bonds. The second-order valence-corrected chi connectivity index (χ2v) is 11.7. The van der Waals surface area contributed by atoms with Crippen LogP contribution in [0.3, 0.4) is 0 Å². The summed E-state index contributed by atoms with van der Waals surface area (Å²) >= 11 is 0. The molecule has 0 saturated carbocycles. The van der Waals surface area contributed by atoms with Crippen LogP contribution in [0.4, 0.5) is 4.39 Å². The Balaban J connectivity index is 3.12. The van der Waals surface area contributed by atoms with Gasteiger partial charge >= 0.3 is 7.60 Å². The zero-order valence-electron chi connectivity index (χ0n) is 19.4. The number of phenols is 1. The highest BCUT2D eigenvalue weighted by atomic mass is 31.2. The number of rotatable bonds is 9. The second kappa shape index (κ2) is 10.2. The summed E-state index contributed by atoms with van der Waals surface area (Å²) in [6.45, 7) is 15.0. The van der Waals surface area contributed by atoms with E-state index in [-0.39, 0.29) is 34.9 Å². The summed E-state index contributed by atoms with van der Waals surface area (Å²) in [5, 5.41) is 10.7. The highest BCUT2D eigenvalue weighted by Crippen LogP contribution is 2.47. The molecule has 2 unspecified atom stereocenters. The number of ketones is 1. The Hall–Kier alpha value is -1.49. The van der Waals surface area contributed by atoms with E-state index in [1.54, 1.807) is 19.9 Å². The molecule has 0 heterocycles. The monoisotopic (exact) mass is 442 g/mol. The van der Waals surface area contributed by atoms with E-state index >= 15 is 4.39 Å². The molecule has 0 saturated heterocycles. The minimum Gasteiger partial charge on any atom is -0.507 e. The predicted molar refractivity (Wildman–Crippen MR) is 119 cm³/mol. The van der Waals surface area contributed by atoms with Crippen molar-refractivity contribution in [2.24, 2.45) is 0 Å². The first kappa shape index (κ1) is 26.5. The van der Waals surface area contributed by atoms with E-state index in [9.17, 15) is 14.5 Å². The quantitative estimate of drug-likeness (QED) is 0.354. The van der Waals surface area contributed by atoms with Gasteiger partial charge in [-0.1, -0.05) is 54.5 Å². The van der Waals surface area contributed by atoms with Crippen LogP contribution in [0, 0.1) is 0 Å². The van der Waals surface area contributed by atoms with Crippen molar-refractivity contribution in [3.63, 3.8) is 0 Å². The van der Waals surface area contributed by atoms with Crippen LogP contribution in [-0.4, -0.2) is 30.3 Å². The van der Waals surface area contributed by atoms with Crippen LogP contribution in [0.15, 0.2) is 24.3 Å². The Bertz CT molecular complexity index is 818. The topological polar surface area (TPSA) is 72.8 Å². The molecule has 7 heteroatoms. The molecule has 1 aromatic carbocycles. The Morgan fingerprint density at radius 1 is 1.13 bits per heavy atom. The Labute approximate surface area is 180 Å². The van der Waals surface area contributed by atoms with Gasteiger partial charge in [0.1, 0.15) is 18.5 Å². The average molecular weight is 443 g/mol. The molecule has 30 heavy (non-hydrogen) atoms. The molecule has 170 valence electrons. The molecule has 0 aliphatic rings. The first-order chi connectivity index (χ1) is 13.6. The summed E-state index contributed by atoms with van der Waals surface area (Å²) in [6.07, 6.45) is 0.600. The Kier molecular flexibility index (Phi) is 9.04. The van der Waals surface area contributed by atoms with E-state index in [1.807, 2.05) is 47.6 Å². The van der Waals surface area contributed by atoms with E-state index in [4.69, 9.17) is 9.05 Å². The van der Waals surface area contributed by atoms with Gasteiger partial charge in [-0.25, -0.2) is 4.39 Å². The third kappa shape index (κ3) is 7.33. The van der Waals surface area contributed by atoms with Gasteiger partial charge in [-0.05, 0) is 47.1 Å². The minimum absolute atomic E-state index is 0.108. The van der Waals surface area contributed by atoms with Crippen molar-refractivity contribution >= 4 is 13.4 Å². The van der Waals surface area contributed by atoms with Gasteiger partial charge in [-0.2, -0.15) is 0 Å². The van der Waals surface area contributed by atoms with Gasteiger partial charge in [-0.3, -0.25) is 9.36 Å². The molecular formula is C23H36FO5P. The summed E-state index contributed by atoms with van der Waals surface area (Å²) in [4.78, 5) is 12.1. The van der Waals surface area contributed by atoms with Crippen molar-refractivity contribution in [3.8, 4) is 5.75 Å². The second-order valence-electron chi connectivity index (χ2n) is 9.31. The van der Waals surface area contributed by atoms with E-state index in [1.165, 1.54) is 0 Å². The van der Waals surface area contributed by atoms with Crippen LogP contribution in [0.25, 0.3) is 0 Å². The van der Waals surface area contributed by atoms with Crippen LogP contribution in [0.5, 0.6) is 5.75 Å². The van der Waals surface area contributed by atoms with Crippen molar-refractivity contribution in [2.75, 3.05) is 19.4 Å². The highest BCUT2D eigenvalue weighted by molar-refractivity contribution is 7.53. The van der Waals surface area contributed by atoms with Crippen LogP contribution in [-0.2, 0) is 29.2 Å². The third-order valence-corrected chi connectivity index (χ3v) is 6.63. The first-order valence-electron chi connectivity index (χ1n) is 10.3. The van der Waals surface area contributed by atoms with Gasteiger partial charge < -0.3 is 14.2 Å². The van der Waals surface area contributed by atoms with Crippen LogP contribution in [0.1, 0.15) is 78.3 Å². The molecule has 0 fully saturated rings. The summed E-state index contributed by atoms with van der Waals surface area (Å²) in [5.74, 6) is -0.642.